The summed E-state index contributed by atoms with van der Waals surface area (Å²) in [7, 11) is 0. The van der Waals surface area contributed by atoms with Crippen molar-refractivity contribution >= 4 is 11.8 Å². The van der Waals surface area contributed by atoms with Crippen LogP contribution in [0.5, 0.6) is 5.75 Å². The first-order chi connectivity index (χ1) is 11.4. The largest absolute Gasteiger partial charge is 0.489 e. The van der Waals surface area contributed by atoms with E-state index in [1.165, 1.54) is 0 Å². The molecule has 1 amide bonds. The lowest BCUT2D eigenvalue weighted by molar-refractivity contribution is 0.0584. The summed E-state index contributed by atoms with van der Waals surface area (Å²) in [6, 6.07) is 9.70. The zero-order valence-electron chi connectivity index (χ0n) is 14.3. The molecule has 1 aromatic heterocycles. The fourth-order valence-corrected chi connectivity index (χ4v) is 2.61. The molecule has 1 aliphatic heterocycles. The summed E-state index contributed by atoms with van der Waals surface area (Å²) in [5, 5.41) is 0. The second-order valence-corrected chi connectivity index (χ2v) is 6.82. The van der Waals surface area contributed by atoms with Crippen molar-refractivity contribution in [3.63, 3.8) is 0 Å². The topological polar surface area (TPSA) is 51.7 Å². The first-order valence-corrected chi connectivity index (χ1v) is 8.07. The maximum absolute atomic E-state index is 12.4. The van der Waals surface area contributed by atoms with E-state index in [1.54, 1.807) is 17.3 Å². The van der Waals surface area contributed by atoms with E-state index in [0.29, 0.717) is 13.2 Å². The number of hydrogen-bond acceptors (Lipinski definition) is 4. The van der Waals surface area contributed by atoms with Gasteiger partial charge in [-0.1, -0.05) is 12.1 Å². The Morgan fingerprint density at radius 3 is 2.83 bits per heavy atom. The van der Waals surface area contributed by atoms with Crippen LogP contribution in [0.4, 0.5) is 10.5 Å². The van der Waals surface area contributed by atoms with Crippen molar-refractivity contribution in [1.29, 1.82) is 0 Å². The molecule has 0 radical (unpaired) electrons. The van der Waals surface area contributed by atoms with E-state index in [2.05, 4.69) is 4.98 Å². The van der Waals surface area contributed by atoms with Crippen molar-refractivity contribution in [3.05, 3.63) is 53.9 Å². The number of pyridine rings is 1. The molecule has 0 fully saturated rings. The predicted octanol–water partition coefficient (Wildman–Crippen LogP) is 3.96. The van der Waals surface area contributed by atoms with Gasteiger partial charge in [0.05, 0.1) is 5.69 Å². The summed E-state index contributed by atoms with van der Waals surface area (Å²) in [5.74, 6) is 0.730. The Morgan fingerprint density at radius 2 is 2.12 bits per heavy atom. The van der Waals surface area contributed by atoms with E-state index in [0.717, 1.165) is 29.0 Å². The predicted molar refractivity (Wildman–Crippen MR) is 92.3 cm³/mol. The number of fused-ring (bicyclic) bond motifs is 1. The smallest absolute Gasteiger partial charge is 0.414 e. The van der Waals surface area contributed by atoms with Gasteiger partial charge in [0.2, 0.25) is 0 Å². The molecule has 3 rings (SSSR count). The molecule has 0 atom stereocenters. The van der Waals surface area contributed by atoms with E-state index in [-0.39, 0.29) is 6.09 Å². The van der Waals surface area contributed by atoms with Crippen LogP contribution in [0, 0.1) is 0 Å². The van der Waals surface area contributed by atoms with Crippen LogP contribution in [-0.4, -0.2) is 23.2 Å². The van der Waals surface area contributed by atoms with Crippen molar-refractivity contribution in [3.8, 4) is 5.75 Å². The SMILES string of the molecule is CC(C)(C)OC(=O)N1CCc2ccc(OCc3cccnc3)cc21. The van der Waals surface area contributed by atoms with E-state index < -0.39 is 5.60 Å². The normalized spacial score (nSPS) is 13.5. The lowest BCUT2D eigenvalue weighted by Gasteiger charge is -2.25. The molecule has 0 spiro atoms. The Bertz CT molecular complexity index is 723. The van der Waals surface area contributed by atoms with Crippen LogP contribution in [0.25, 0.3) is 0 Å². The van der Waals surface area contributed by atoms with E-state index in [9.17, 15) is 4.79 Å². The molecular weight excluding hydrogens is 304 g/mol. The van der Waals surface area contributed by atoms with E-state index in [1.807, 2.05) is 51.1 Å². The maximum Gasteiger partial charge on any atom is 0.414 e. The van der Waals surface area contributed by atoms with Gasteiger partial charge < -0.3 is 9.47 Å². The summed E-state index contributed by atoms with van der Waals surface area (Å²) in [6.45, 7) is 6.69. The molecule has 24 heavy (non-hydrogen) atoms. The van der Waals surface area contributed by atoms with Gasteiger partial charge in [0.25, 0.3) is 0 Å². The molecule has 0 saturated carbocycles. The molecule has 0 saturated heterocycles. The number of rotatable bonds is 3. The number of carbonyl (C=O) groups excluding carboxylic acids is 1. The summed E-state index contributed by atoms with van der Waals surface area (Å²) >= 11 is 0. The first-order valence-electron chi connectivity index (χ1n) is 8.07. The average Bonchev–Trinajstić information content (AvgIpc) is 2.95. The zero-order chi connectivity index (χ0) is 17.2. The number of aromatic nitrogens is 1. The molecule has 5 nitrogen and oxygen atoms in total. The fraction of sp³-hybridized carbons (Fsp3) is 0.368. The Balaban J connectivity index is 1.72. The molecule has 0 aliphatic carbocycles. The van der Waals surface area contributed by atoms with Crippen LogP contribution in [0.15, 0.2) is 42.7 Å². The van der Waals surface area contributed by atoms with Gasteiger partial charge in [-0.15, -0.1) is 0 Å². The van der Waals surface area contributed by atoms with Gasteiger partial charge in [-0.25, -0.2) is 4.79 Å². The molecule has 126 valence electrons. The molecule has 0 bridgehead atoms. The van der Waals surface area contributed by atoms with Crippen LogP contribution < -0.4 is 9.64 Å². The number of nitrogens with zero attached hydrogens (tertiary/aromatic N) is 2. The van der Waals surface area contributed by atoms with Gasteiger partial charge in [0.15, 0.2) is 0 Å². The third kappa shape index (κ3) is 3.85. The fourth-order valence-electron chi connectivity index (χ4n) is 2.61. The molecule has 5 heteroatoms. The first kappa shape index (κ1) is 16.3. The van der Waals surface area contributed by atoms with Crippen molar-refractivity contribution in [2.75, 3.05) is 11.4 Å². The Kier molecular flexibility index (Phi) is 4.42. The van der Waals surface area contributed by atoms with Gasteiger partial charge in [0, 0.05) is 30.6 Å². The Morgan fingerprint density at radius 1 is 1.29 bits per heavy atom. The third-order valence-electron chi connectivity index (χ3n) is 3.69. The minimum atomic E-state index is -0.506. The highest BCUT2D eigenvalue weighted by atomic mass is 16.6. The number of anilines is 1. The second kappa shape index (κ2) is 6.51. The van der Waals surface area contributed by atoms with Crippen molar-refractivity contribution in [1.82, 2.24) is 4.98 Å². The lowest BCUT2D eigenvalue weighted by atomic mass is 10.1. The highest BCUT2D eigenvalue weighted by Gasteiger charge is 2.29. The van der Waals surface area contributed by atoms with Crippen molar-refractivity contribution in [2.45, 2.75) is 39.4 Å². The summed E-state index contributed by atoms with van der Waals surface area (Å²) in [4.78, 5) is 18.1. The standard InChI is InChI=1S/C19H22N2O3/c1-19(2,3)24-18(22)21-10-8-15-6-7-16(11-17(15)21)23-13-14-5-4-9-20-12-14/h4-7,9,11-12H,8,10,13H2,1-3H3. The van der Waals surface area contributed by atoms with Gasteiger partial charge >= 0.3 is 6.09 Å². The summed E-state index contributed by atoms with van der Waals surface area (Å²) in [5.41, 5.74) is 2.50. The molecule has 1 aliphatic rings. The van der Waals surface area contributed by atoms with Gasteiger partial charge in [0.1, 0.15) is 18.0 Å². The van der Waals surface area contributed by atoms with Crippen molar-refractivity contribution < 1.29 is 14.3 Å². The van der Waals surface area contributed by atoms with Crippen molar-refractivity contribution in [2.24, 2.45) is 0 Å². The van der Waals surface area contributed by atoms with Crippen LogP contribution in [0.3, 0.4) is 0 Å². The quantitative estimate of drug-likeness (QED) is 0.857. The minimum absolute atomic E-state index is 0.314. The van der Waals surface area contributed by atoms with Gasteiger partial charge in [-0.3, -0.25) is 9.88 Å². The molecule has 1 aromatic carbocycles. The van der Waals surface area contributed by atoms with Gasteiger partial charge in [-0.05, 0) is 44.9 Å². The average molecular weight is 326 g/mol. The summed E-state index contributed by atoms with van der Waals surface area (Å²) in [6.07, 6.45) is 4.03. The number of benzene rings is 1. The highest BCUT2D eigenvalue weighted by Crippen LogP contribution is 2.33. The Hall–Kier alpha value is -2.56. The minimum Gasteiger partial charge on any atom is -0.489 e. The lowest BCUT2D eigenvalue weighted by Crippen LogP contribution is -2.35. The summed E-state index contributed by atoms with van der Waals surface area (Å²) < 4.78 is 11.3. The van der Waals surface area contributed by atoms with E-state index in [4.69, 9.17) is 9.47 Å². The third-order valence-corrected chi connectivity index (χ3v) is 3.69. The van der Waals surface area contributed by atoms with Crippen LogP contribution >= 0.6 is 0 Å². The van der Waals surface area contributed by atoms with Crippen LogP contribution in [-0.2, 0) is 17.8 Å². The second-order valence-electron chi connectivity index (χ2n) is 6.82. The zero-order valence-corrected chi connectivity index (χ0v) is 14.3. The number of ether oxygens (including phenoxy) is 2. The molecule has 2 aromatic rings. The highest BCUT2D eigenvalue weighted by molar-refractivity contribution is 5.90. The number of carbonyl (C=O) groups is 1. The maximum atomic E-state index is 12.4. The Labute approximate surface area is 142 Å². The van der Waals surface area contributed by atoms with E-state index >= 15 is 0 Å². The molecule has 2 heterocycles. The molecule has 0 unspecified atom stereocenters. The molecule has 0 N–H and O–H groups in total. The molecular formula is C19H22N2O3. The van der Waals surface area contributed by atoms with Crippen LogP contribution in [0.2, 0.25) is 0 Å². The monoisotopic (exact) mass is 326 g/mol. The van der Waals surface area contributed by atoms with Gasteiger partial charge in [-0.2, -0.15) is 0 Å². The number of amides is 1. The number of hydrogen-bond donors (Lipinski definition) is 0. The van der Waals surface area contributed by atoms with Crippen LogP contribution in [0.1, 0.15) is 31.9 Å².